The molecule has 4 aliphatic rings. The second-order valence-electron chi connectivity index (χ2n) is 3.11. The molecular formula is C6H5N3O. The van der Waals surface area contributed by atoms with Crippen molar-refractivity contribution >= 4 is 5.71 Å². The van der Waals surface area contributed by atoms with Gasteiger partial charge in [0.1, 0.15) is 5.71 Å². The lowest BCUT2D eigenvalue weighted by molar-refractivity contribution is -0.657. The van der Waals surface area contributed by atoms with Crippen LogP contribution in [0.1, 0.15) is 6.42 Å². The van der Waals surface area contributed by atoms with E-state index in [0.29, 0.717) is 11.4 Å². The van der Waals surface area contributed by atoms with Gasteiger partial charge in [-0.15, -0.1) is 0 Å². The molecule has 0 amide bonds. The molecule has 1 spiro atoms. The third-order valence-electron chi connectivity index (χ3n) is 2.77. The van der Waals surface area contributed by atoms with Crippen LogP contribution in [0.2, 0.25) is 0 Å². The summed E-state index contributed by atoms with van der Waals surface area (Å²) >= 11 is 0. The average Bonchev–Trinajstić information content (AvgIpc) is 2.56. The Balaban J connectivity index is 2.38. The predicted octanol–water partition coefficient (Wildman–Crippen LogP) is -0.593. The molecule has 0 radical (unpaired) electrons. The van der Waals surface area contributed by atoms with Crippen LogP contribution in [0.25, 0.3) is 0 Å². The highest BCUT2D eigenvalue weighted by molar-refractivity contribution is 6.07. The first-order chi connectivity index (χ1) is 4.69. The smallest absolute Gasteiger partial charge is 0.248 e. The van der Waals surface area contributed by atoms with Crippen LogP contribution < -0.4 is 5.11 Å². The van der Waals surface area contributed by atoms with Crippen molar-refractivity contribution in [3.05, 3.63) is 11.5 Å². The third-order valence-corrected chi connectivity index (χ3v) is 2.77. The molecule has 4 rings (SSSR count). The first-order valence-electron chi connectivity index (χ1n) is 3.21. The Kier molecular flexibility index (Phi) is 0.385. The van der Waals surface area contributed by atoms with Crippen molar-refractivity contribution in [2.45, 2.75) is 12.0 Å². The number of rotatable bonds is 0. The summed E-state index contributed by atoms with van der Waals surface area (Å²) in [6.45, 7) is 0. The minimum atomic E-state index is -0.508. The maximum absolute atomic E-state index is 11.1. The van der Waals surface area contributed by atoms with Gasteiger partial charge in [-0.2, -0.15) is 0 Å². The molecule has 1 saturated carbocycles. The highest BCUT2D eigenvalue weighted by Crippen LogP contribution is 2.65. The van der Waals surface area contributed by atoms with E-state index in [2.05, 4.69) is 0 Å². The first-order valence-corrected chi connectivity index (χ1v) is 3.21. The van der Waals surface area contributed by atoms with Gasteiger partial charge < -0.3 is 5.11 Å². The maximum Gasteiger partial charge on any atom is 0.248 e. The molecular weight excluding hydrogens is 130 g/mol. The lowest BCUT2D eigenvalue weighted by Gasteiger charge is -2.24. The molecule has 4 nitrogen and oxygen atoms in total. The van der Waals surface area contributed by atoms with E-state index in [-0.39, 0.29) is 11.7 Å². The molecule has 0 aromatic carbocycles. The van der Waals surface area contributed by atoms with Crippen LogP contribution in [-0.4, -0.2) is 15.9 Å². The number of hydrogen-bond acceptors (Lipinski definition) is 3. The SMILES string of the molecule is N=C1C2=C([O-])C3(CC13)[N+]2=N. The highest BCUT2D eigenvalue weighted by atomic mass is 16.3. The summed E-state index contributed by atoms with van der Waals surface area (Å²) < 4.78 is 1.22. The molecule has 0 aromatic rings. The summed E-state index contributed by atoms with van der Waals surface area (Å²) in [5, 5.41) is 18.4. The van der Waals surface area contributed by atoms with Gasteiger partial charge in [0.25, 0.3) is 0 Å². The van der Waals surface area contributed by atoms with Crippen LogP contribution in [0, 0.1) is 16.9 Å². The Morgan fingerprint density at radius 1 is 1.70 bits per heavy atom. The van der Waals surface area contributed by atoms with Gasteiger partial charge in [0.15, 0.2) is 0 Å². The van der Waals surface area contributed by atoms with E-state index in [1.165, 1.54) is 4.70 Å². The van der Waals surface area contributed by atoms with Gasteiger partial charge in [-0.1, -0.05) is 10.2 Å². The topological polar surface area (TPSA) is 73.8 Å². The fraction of sp³-hybridized carbons (Fsp3) is 0.500. The lowest BCUT2D eigenvalue weighted by atomic mass is 10.1. The fourth-order valence-corrected chi connectivity index (χ4v) is 2.05. The van der Waals surface area contributed by atoms with E-state index in [9.17, 15) is 5.11 Å². The van der Waals surface area contributed by atoms with Crippen molar-refractivity contribution in [1.29, 1.82) is 10.9 Å². The predicted molar refractivity (Wildman–Crippen MR) is 28.6 cm³/mol. The molecule has 2 atom stereocenters. The number of hydrogen-bond donors (Lipinski definition) is 2. The van der Waals surface area contributed by atoms with Crippen LogP contribution in [-0.2, 0) is 0 Å². The van der Waals surface area contributed by atoms with Gasteiger partial charge in [-0.05, 0) is 0 Å². The molecule has 2 aliphatic carbocycles. The molecule has 1 saturated heterocycles. The summed E-state index contributed by atoms with van der Waals surface area (Å²) in [7, 11) is 0. The van der Waals surface area contributed by atoms with E-state index < -0.39 is 5.54 Å². The zero-order chi connectivity index (χ0) is 7.09. The van der Waals surface area contributed by atoms with Crippen LogP contribution in [0.15, 0.2) is 11.5 Å². The van der Waals surface area contributed by atoms with Gasteiger partial charge in [0.05, 0.1) is 5.92 Å². The quantitative estimate of drug-likeness (QED) is 0.428. The highest BCUT2D eigenvalue weighted by Gasteiger charge is 2.82. The molecule has 2 N–H and O–H groups in total. The van der Waals surface area contributed by atoms with Crippen LogP contribution in [0.5, 0.6) is 0 Å². The normalized spacial score (nSPS) is 47.4. The molecule has 2 unspecified atom stereocenters. The Bertz CT molecular complexity index is 320. The van der Waals surface area contributed by atoms with Crippen molar-refractivity contribution in [1.82, 2.24) is 0 Å². The minimum absolute atomic E-state index is 0.0394. The number of piperidine rings is 1. The van der Waals surface area contributed by atoms with Gasteiger partial charge >= 0.3 is 0 Å². The summed E-state index contributed by atoms with van der Waals surface area (Å²) in [5.74, 6) is 0.130. The monoisotopic (exact) mass is 135 g/mol. The van der Waals surface area contributed by atoms with Gasteiger partial charge in [-0.25, -0.2) is 0 Å². The van der Waals surface area contributed by atoms with E-state index in [1.807, 2.05) is 0 Å². The van der Waals surface area contributed by atoms with Crippen LogP contribution in [0.4, 0.5) is 0 Å². The molecule has 10 heavy (non-hydrogen) atoms. The van der Waals surface area contributed by atoms with Gasteiger partial charge in [-0.3, -0.25) is 5.41 Å². The fourth-order valence-electron chi connectivity index (χ4n) is 2.05. The standard InChI is InChI=1S/C6H5N3O/c7-3-2-1-6(2)5(10)4(3)9(6)8/h2H,1H2,(H2-,7,8,10). The van der Waals surface area contributed by atoms with E-state index in [0.717, 1.165) is 6.42 Å². The van der Waals surface area contributed by atoms with Crippen LogP contribution >= 0.6 is 0 Å². The van der Waals surface area contributed by atoms with Crippen molar-refractivity contribution in [2.75, 3.05) is 0 Å². The molecule has 2 heterocycles. The molecule has 2 aliphatic heterocycles. The largest absolute Gasteiger partial charge is 0.866 e. The second kappa shape index (κ2) is 0.836. The molecule has 0 aromatic heterocycles. The Morgan fingerprint density at radius 2 is 2.40 bits per heavy atom. The van der Waals surface area contributed by atoms with Crippen molar-refractivity contribution in [3.63, 3.8) is 0 Å². The summed E-state index contributed by atoms with van der Waals surface area (Å²) in [4.78, 5) is 0. The Labute approximate surface area is 56.8 Å². The Hall–Kier alpha value is -1.19. The third kappa shape index (κ3) is 0.179. The maximum atomic E-state index is 11.1. The van der Waals surface area contributed by atoms with Crippen molar-refractivity contribution in [3.8, 4) is 0 Å². The molecule has 2 bridgehead atoms. The first kappa shape index (κ1) is 4.60. The van der Waals surface area contributed by atoms with Gasteiger partial charge in [0, 0.05) is 12.2 Å². The van der Waals surface area contributed by atoms with Gasteiger partial charge in [0.2, 0.25) is 11.2 Å². The number of nitrogens with one attached hydrogen (secondary N) is 2. The van der Waals surface area contributed by atoms with E-state index in [4.69, 9.17) is 10.9 Å². The molecule has 2 fully saturated rings. The minimum Gasteiger partial charge on any atom is -0.866 e. The van der Waals surface area contributed by atoms with Crippen LogP contribution in [0.3, 0.4) is 0 Å². The average molecular weight is 135 g/mol. The van der Waals surface area contributed by atoms with E-state index >= 15 is 0 Å². The second-order valence-corrected chi connectivity index (χ2v) is 3.11. The van der Waals surface area contributed by atoms with Crippen molar-refractivity contribution in [2.24, 2.45) is 5.92 Å². The zero-order valence-corrected chi connectivity index (χ0v) is 5.14. The molecule has 50 valence electrons. The number of allylic oxidation sites excluding steroid dienone is 1. The zero-order valence-electron chi connectivity index (χ0n) is 5.14. The summed E-state index contributed by atoms with van der Waals surface area (Å²) in [6.07, 6.45) is 0.720. The lowest BCUT2D eigenvalue weighted by Crippen LogP contribution is -2.42. The van der Waals surface area contributed by atoms with E-state index in [1.54, 1.807) is 0 Å². The summed E-state index contributed by atoms with van der Waals surface area (Å²) in [5.41, 5.74) is 7.56. The van der Waals surface area contributed by atoms with Crippen molar-refractivity contribution < 1.29 is 9.80 Å². The molecule has 4 heteroatoms. The Morgan fingerprint density at radius 3 is 2.50 bits per heavy atom. The summed E-state index contributed by atoms with van der Waals surface area (Å²) in [6, 6.07) is 0. The number of nitrogens with zero attached hydrogens (tertiary/aromatic N) is 1.